The number of benzene rings is 1. The van der Waals surface area contributed by atoms with Crippen molar-refractivity contribution < 1.29 is 23.8 Å². The molecule has 17 heavy (non-hydrogen) atoms. The van der Waals surface area contributed by atoms with Crippen molar-refractivity contribution in [3.8, 4) is 0 Å². The lowest BCUT2D eigenvalue weighted by Crippen LogP contribution is -2.22. The van der Waals surface area contributed by atoms with Gasteiger partial charge in [0.1, 0.15) is 12.2 Å². The van der Waals surface area contributed by atoms with Gasteiger partial charge in [-0.2, -0.15) is 0 Å². The molecule has 0 unspecified atom stereocenters. The van der Waals surface area contributed by atoms with E-state index in [9.17, 15) is 10.0 Å². The first-order chi connectivity index (χ1) is 8.24. The van der Waals surface area contributed by atoms with Crippen molar-refractivity contribution in [2.24, 2.45) is 0 Å². The number of fused-ring (bicyclic) bond motifs is 1. The largest absolute Gasteiger partial charge is 0.460 e. The zero-order valence-corrected chi connectivity index (χ0v) is 9.08. The maximum Gasteiger partial charge on any atom is 0.342 e. The van der Waals surface area contributed by atoms with Crippen LogP contribution in [0.15, 0.2) is 22.8 Å². The minimum Gasteiger partial charge on any atom is -0.460 e. The molecule has 2 aromatic rings. The van der Waals surface area contributed by atoms with Crippen LogP contribution < -0.4 is 4.90 Å². The van der Waals surface area contributed by atoms with Crippen LogP contribution in [-0.2, 0) is 9.47 Å². The second-order valence-corrected chi connectivity index (χ2v) is 3.23. The van der Waals surface area contributed by atoms with Gasteiger partial charge in [0.05, 0.1) is 6.61 Å². The average molecular weight is 238 g/mol. The van der Waals surface area contributed by atoms with Gasteiger partial charge in [-0.1, -0.05) is 6.07 Å². The van der Waals surface area contributed by atoms with Crippen molar-refractivity contribution in [2.75, 3.05) is 20.3 Å². The van der Waals surface area contributed by atoms with Crippen LogP contribution >= 0.6 is 0 Å². The standard InChI is InChI=1S/C10H10N2O5/c1-15-5-6-16-10(13)7-3-2-4-8-9(7)11-17-12(8)14/h2-4H,5-6H2,1H3. The summed E-state index contributed by atoms with van der Waals surface area (Å²) in [6, 6.07) is 4.58. The second-order valence-electron chi connectivity index (χ2n) is 3.23. The van der Waals surface area contributed by atoms with Crippen molar-refractivity contribution in [1.29, 1.82) is 0 Å². The molecule has 1 aromatic heterocycles. The lowest BCUT2D eigenvalue weighted by atomic mass is 10.2. The molecule has 7 heteroatoms. The van der Waals surface area contributed by atoms with Gasteiger partial charge in [-0.05, 0) is 17.0 Å². The number of hydrogen-bond acceptors (Lipinski definition) is 6. The first kappa shape index (κ1) is 11.3. The Bertz CT molecular complexity index is 536. The van der Waals surface area contributed by atoms with Crippen LogP contribution in [0, 0.1) is 5.21 Å². The maximum absolute atomic E-state index is 11.7. The number of carbonyl (C=O) groups excluding carboxylic acids is 1. The van der Waals surface area contributed by atoms with Gasteiger partial charge in [-0.3, -0.25) is 4.63 Å². The predicted molar refractivity (Wildman–Crippen MR) is 55.1 cm³/mol. The number of carbonyl (C=O) groups is 1. The molecule has 0 fully saturated rings. The summed E-state index contributed by atoms with van der Waals surface area (Å²) in [5.41, 5.74) is 0.563. The molecule has 0 amide bonds. The molecule has 7 nitrogen and oxygen atoms in total. The van der Waals surface area contributed by atoms with E-state index in [1.165, 1.54) is 19.2 Å². The number of ether oxygens (including phenoxy) is 2. The summed E-state index contributed by atoms with van der Waals surface area (Å²) in [6.07, 6.45) is 0. The fourth-order valence-corrected chi connectivity index (χ4v) is 1.36. The van der Waals surface area contributed by atoms with Gasteiger partial charge in [0.15, 0.2) is 0 Å². The van der Waals surface area contributed by atoms with E-state index in [1.807, 2.05) is 0 Å². The van der Waals surface area contributed by atoms with Crippen LogP contribution in [0.4, 0.5) is 0 Å². The fourth-order valence-electron chi connectivity index (χ4n) is 1.36. The molecule has 0 aliphatic heterocycles. The predicted octanol–water partition coefficient (Wildman–Crippen LogP) is 0.264. The highest BCUT2D eigenvalue weighted by Gasteiger charge is 2.20. The average Bonchev–Trinajstić information content (AvgIpc) is 2.71. The van der Waals surface area contributed by atoms with Gasteiger partial charge in [-0.15, -0.1) is 0 Å². The maximum atomic E-state index is 11.7. The summed E-state index contributed by atoms with van der Waals surface area (Å²) in [5.74, 6) is -0.568. The molecule has 0 radical (unpaired) electrons. The van der Waals surface area contributed by atoms with Crippen LogP contribution in [0.25, 0.3) is 11.0 Å². The minimum atomic E-state index is -0.568. The Balaban J connectivity index is 2.26. The topological polar surface area (TPSA) is 88.5 Å². The number of methoxy groups -OCH3 is 1. The lowest BCUT2D eigenvalue weighted by Gasteiger charge is -2.02. The molecular weight excluding hydrogens is 228 g/mol. The molecule has 0 aliphatic carbocycles. The van der Waals surface area contributed by atoms with Gasteiger partial charge < -0.3 is 14.7 Å². The first-order valence-electron chi connectivity index (χ1n) is 4.88. The highest BCUT2D eigenvalue weighted by Crippen LogP contribution is 2.14. The lowest BCUT2D eigenvalue weighted by molar-refractivity contribution is -0.782. The Labute approximate surface area is 96.1 Å². The second kappa shape index (κ2) is 4.79. The highest BCUT2D eigenvalue weighted by atomic mass is 16.8. The van der Waals surface area contributed by atoms with E-state index >= 15 is 0 Å². The molecule has 0 atom stereocenters. The van der Waals surface area contributed by atoms with Crippen LogP contribution in [0.1, 0.15) is 10.4 Å². The summed E-state index contributed by atoms with van der Waals surface area (Å²) in [6.45, 7) is 0.447. The first-order valence-corrected chi connectivity index (χ1v) is 4.88. The zero-order valence-electron chi connectivity index (χ0n) is 9.08. The molecular formula is C10H10N2O5. The number of aromatic nitrogens is 2. The van der Waals surface area contributed by atoms with Gasteiger partial charge in [-0.25, -0.2) is 4.79 Å². The molecule has 0 aliphatic rings. The Morgan fingerprint density at radius 1 is 1.53 bits per heavy atom. The molecule has 90 valence electrons. The van der Waals surface area contributed by atoms with E-state index in [0.29, 0.717) is 6.61 Å². The molecule has 0 saturated carbocycles. The number of esters is 1. The van der Waals surface area contributed by atoms with E-state index in [-0.39, 0.29) is 28.1 Å². The van der Waals surface area contributed by atoms with Crippen molar-refractivity contribution in [3.63, 3.8) is 0 Å². The van der Waals surface area contributed by atoms with Crippen LogP contribution in [-0.4, -0.2) is 31.4 Å². The summed E-state index contributed by atoms with van der Waals surface area (Å²) in [5, 5.41) is 14.6. The van der Waals surface area contributed by atoms with Crippen molar-refractivity contribution in [3.05, 3.63) is 29.0 Å². The Morgan fingerprint density at radius 2 is 2.35 bits per heavy atom. The van der Waals surface area contributed by atoms with Crippen LogP contribution in [0.2, 0.25) is 0 Å². The van der Waals surface area contributed by atoms with Gasteiger partial charge >= 0.3 is 5.97 Å². The monoisotopic (exact) mass is 238 g/mol. The Kier molecular flexibility index (Phi) is 3.20. The van der Waals surface area contributed by atoms with Crippen molar-refractivity contribution >= 4 is 17.0 Å². The Hall–Kier alpha value is -2.15. The molecule has 0 spiro atoms. The number of nitrogens with zero attached hydrogens (tertiary/aromatic N) is 2. The van der Waals surface area contributed by atoms with E-state index in [0.717, 1.165) is 0 Å². The van der Waals surface area contributed by atoms with Crippen LogP contribution in [0.5, 0.6) is 0 Å². The number of rotatable bonds is 4. The third-order valence-electron chi connectivity index (χ3n) is 2.16. The summed E-state index contributed by atoms with van der Waals surface area (Å²) < 4.78 is 14.1. The van der Waals surface area contributed by atoms with E-state index in [2.05, 4.69) is 9.79 Å². The molecule has 0 saturated heterocycles. The molecule has 1 heterocycles. The van der Waals surface area contributed by atoms with E-state index in [1.54, 1.807) is 6.07 Å². The van der Waals surface area contributed by atoms with Crippen molar-refractivity contribution in [2.45, 2.75) is 0 Å². The van der Waals surface area contributed by atoms with Gasteiger partial charge in [0, 0.05) is 12.3 Å². The summed E-state index contributed by atoms with van der Waals surface area (Å²) in [7, 11) is 1.51. The molecule has 2 rings (SSSR count). The van der Waals surface area contributed by atoms with Crippen LogP contribution in [0.3, 0.4) is 0 Å². The van der Waals surface area contributed by atoms with Gasteiger partial charge in [0.25, 0.3) is 5.52 Å². The highest BCUT2D eigenvalue weighted by molar-refractivity contribution is 6.00. The summed E-state index contributed by atoms with van der Waals surface area (Å²) in [4.78, 5) is 11.9. The normalized spacial score (nSPS) is 10.6. The van der Waals surface area contributed by atoms with E-state index in [4.69, 9.17) is 9.47 Å². The van der Waals surface area contributed by atoms with Crippen molar-refractivity contribution in [1.82, 2.24) is 5.16 Å². The third kappa shape index (κ3) is 2.18. The fraction of sp³-hybridized carbons (Fsp3) is 0.300. The SMILES string of the molecule is COCCOC(=O)c1cccc2c1no[n+]2[O-]. The number of hydrogen-bond donors (Lipinski definition) is 0. The molecule has 1 aromatic carbocycles. The van der Waals surface area contributed by atoms with E-state index < -0.39 is 5.97 Å². The minimum absolute atomic E-state index is 0.140. The summed E-state index contributed by atoms with van der Waals surface area (Å²) >= 11 is 0. The molecule has 0 N–H and O–H groups in total. The third-order valence-corrected chi connectivity index (χ3v) is 2.16. The smallest absolute Gasteiger partial charge is 0.342 e. The molecule has 0 bridgehead atoms. The quantitative estimate of drug-likeness (QED) is 0.431. The zero-order chi connectivity index (χ0) is 12.3. The van der Waals surface area contributed by atoms with Gasteiger partial charge in [0.2, 0.25) is 5.52 Å². The Morgan fingerprint density at radius 3 is 3.12 bits per heavy atom.